The highest BCUT2D eigenvalue weighted by Gasteiger charge is 2.07. The van der Waals surface area contributed by atoms with Crippen molar-refractivity contribution >= 4 is 22.9 Å². The first-order chi connectivity index (χ1) is 13.7. The number of nitrogens with one attached hydrogen (secondary N) is 1. The van der Waals surface area contributed by atoms with Gasteiger partial charge in [-0.1, -0.05) is 42.5 Å². The Morgan fingerprint density at radius 1 is 0.964 bits per heavy atom. The smallest absolute Gasteiger partial charge is 0.244 e. The first-order valence-corrected chi connectivity index (χ1v) is 8.83. The van der Waals surface area contributed by atoms with E-state index in [2.05, 4.69) is 10.5 Å². The van der Waals surface area contributed by atoms with Gasteiger partial charge in [-0.2, -0.15) is 5.10 Å². The summed E-state index contributed by atoms with van der Waals surface area (Å²) in [6.07, 6.45) is 1.67. The average Bonchev–Trinajstić information content (AvgIpc) is 3.18. The van der Waals surface area contributed by atoms with Crippen molar-refractivity contribution in [3.05, 3.63) is 96.0 Å². The lowest BCUT2D eigenvalue weighted by atomic mass is 10.0. The van der Waals surface area contributed by atoms with E-state index in [9.17, 15) is 9.18 Å². The van der Waals surface area contributed by atoms with Crippen molar-refractivity contribution in [1.82, 2.24) is 5.43 Å². The average molecular weight is 372 g/mol. The molecule has 4 rings (SSSR count). The van der Waals surface area contributed by atoms with E-state index in [1.807, 2.05) is 42.5 Å². The van der Waals surface area contributed by atoms with E-state index in [1.54, 1.807) is 24.3 Å². The Hall–Kier alpha value is -3.73. The van der Waals surface area contributed by atoms with Crippen LogP contribution in [0.5, 0.6) is 0 Å². The summed E-state index contributed by atoms with van der Waals surface area (Å²) in [5, 5.41) is 6.11. The second-order valence-electron chi connectivity index (χ2n) is 6.32. The summed E-state index contributed by atoms with van der Waals surface area (Å²) < 4.78 is 18.6. The maximum absolute atomic E-state index is 13.0. The number of hydrogen-bond donors (Lipinski definition) is 1. The van der Waals surface area contributed by atoms with E-state index in [1.165, 1.54) is 18.3 Å². The largest absolute Gasteiger partial charge is 0.455 e. The van der Waals surface area contributed by atoms with Gasteiger partial charge in [-0.3, -0.25) is 4.79 Å². The lowest BCUT2D eigenvalue weighted by Crippen LogP contribution is -2.19. The number of hydrazone groups is 1. The van der Waals surface area contributed by atoms with Gasteiger partial charge in [0.1, 0.15) is 17.3 Å². The molecule has 0 aliphatic carbocycles. The molecule has 0 saturated heterocycles. The third-order valence-electron chi connectivity index (χ3n) is 4.37. The molecule has 0 fully saturated rings. The van der Waals surface area contributed by atoms with Crippen molar-refractivity contribution in [3.63, 3.8) is 0 Å². The molecule has 4 aromatic rings. The van der Waals surface area contributed by atoms with Crippen LogP contribution in [0.3, 0.4) is 0 Å². The number of carbonyl (C=O) groups excluding carboxylic acids is 1. The third-order valence-corrected chi connectivity index (χ3v) is 4.37. The number of rotatable bonds is 5. The fourth-order valence-corrected chi connectivity index (χ4v) is 3.02. The molecule has 0 saturated carbocycles. The van der Waals surface area contributed by atoms with Gasteiger partial charge < -0.3 is 4.42 Å². The number of carbonyl (C=O) groups is 1. The zero-order chi connectivity index (χ0) is 19.3. The van der Waals surface area contributed by atoms with Gasteiger partial charge in [0.15, 0.2) is 0 Å². The maximum atomic E-state index is 13.0. The Kier molecular flexibility index (Phi) is 4.97. The van der Waals surface area contributed by atoms with Gasteiger partial charge in [-0.15, -0.1) is 0 Å². The summed E-state index contributed by atoms with van der Waals surface area (Å²) in [7, 11) is 0. The van der Waals surface area contributed by atoms with Crippen molar-refractivity contribution in [2.24, 2.45) is 5.10 Å². The maximum Gasteiger partial charge on any atom is 0.244 e. The quantitative estimate of drug-likeness (QED) is 0.399. The molecular formula is C23H17FN2O2. The molecule has 0 radical (unpaired) electrons. The summed E-state index contributed by atoms with van der Waals surface area (Å²) in [5.74, 6) is 0.581. The molecule has 1 N–H and O–H groups in total. The van der Waals surface area contributed by atoms with E-state index in [0.717, 1.165) is 21.9 Å². The van der Waals surface area contributed by atoms with Gasteiger partial charge in [-0.05, 0) is 52.7 Å². The monoisotopic (exact) mass is 372 g/mol. The molecule has 5 heteroatoms. The van der Waals surface area contributed by atoms with Crippen LogP contribution in [-0.4, -0.2) is 12.1 Å². The standard InChI is InChI=1S/C23H17FN2O2/c24-19-10-8-17(9-11-19)22-13-12-20(28-22)15-25-26-23(27)14-18-6-3-5-16-4-1-2-7-21(16)18/h1-13,15H,14H2,(H,26,27)/b25-15-. The lowest BCUT2D eigenvalue weighted by Gasteiger charge is -2.05. The Balaban J connectivity index is 1.39. The van der Waals surface area contributed by atoms with Gasteiger partial charge in [-0.25, -0.2) is 9.82 Å². The van der Waals surface area contributed by atoms with Crippen LogP contribution in [0.1, 0.15) is 11.3 Å². The fourth-order valence-electron chi connectivity index (χ4n) is 3.02. The summed E-state index contributed by atoms with van der Waals surface area (Å²) >= 11 is 0. The van der Waals surface area contributed by atoms with Gasteiger partial charge in [0.05, 0.1) is 12.6 Å². The van der Waals surface area contributed by atoms with Crippen LogP contribution in [-0.2, 0) is 11.2 Å². The van der Waals surface area contributed by atoms with E-state index in [-0.39, 0.29) is 18.1 Å². The number of amides is 1. The second kappa shape index (κ2) is 7.88. The van der Waals surface area contributed by atoms with Gasteiger partial charge >= 0.3 is 0 Å². The first-order valence-electron chi connectivity index (χ1n) is 8.83. The number of benzene rings is 3. The molecule has 0 spiro atoms. The molecule has 0 atom stereocenters. The number of halogens is 1. The molecule has 0 bridgehead atoms. The van der Waals surface area contributed by atoms with Crippen molar-refractivity contribution in [3.8, 4) is 11.3 Å². The first kappa shape index (κ1) is 17.7. The van der Waals surface area contributed by atoms with Crippen LogP contribution in [0, 0.1) is 5.82 Å². The second-order valence-corrected chi connectivity index (χ2v) is 6.32. The highest BCUT2D eigenvalue weighted by Crippen LogP contribution is 2.22. The zero-order valence-corrected chi connectivity index (χ0v) is 14.9. The van der Waals surface area contributed by atoms with Crippen LogP contribution in [0.2, 0.25) is 0 Å². The molecule has 1 heterocycles. The number of furan rings is 1. The zero-order valence-electron chi connectivity index (χ0n) is 14.9. The molecule has 4 nitrogen and oxygen atoms in total. The SMILES string of the molecule is O=C(Cc1cccc2ccccc12)N/N=C\c1ccc(-c2ccc(F)cc2)o1. The van der Waals surface area contributed by atoms with Gasteiger partial charge in [0.2, 0.25) is 5.91 Å². The Labute approximate surface area is 161 Å². The Bertz CT molecular complexity index is 1140. The lowest BCUT2D eigenvalue weighted by molar-refractivity contribution is -0.120. The minimum atomic E-state index is -0.300. The van der Waals surface area contributed by atoms with Crippen molar-refractivity contribution in [1.29, 1.82) is 0 Å². The highest BCUT2D eigenvalue weighted by atomic mass is 19.1. The number of nitrogens with zero attached hydrogens (tertiary/aromatic N) is 1. The summed E-state index contributed by atoms with van der Waals surface area (Å²) in [5.41, 5.74) is 4.23. The summed E-state index contributed by atoms with van der Waals surface area (Å²) in [6.45, 7) is 0. The fraction of sp³-hybridized carbons (Fsp3) is 0.0435. The van der Waals surface area contributed by atoms with Crippen LogP contribution < -0.4 is 5.43 Å². The minimum absolute atomic E-state index is 0.210. The van der Waals surface area contributed by atoms with E-state index in [4.69, 9.17) is 4.42 Å². The Morgan fingerprint density at radius 2 is 1.75 bits per heavy atom. The van der Waals surface area contributed by atoms with Crippen molar-refractivity contribution in [2.45, 2.75) is 6.42 Å². The molecule has 0 aliphatic heterocycles. The molecule has 1 amide bonds. The van der Waals surface area contributed by atoms with Crippen molar-refractivity contribution < 1.29 is 13.6 Å². The third kappa shape index (κ3) is 3.99. The summed E-state index contributed by atoms with van der Waals surface area (Å²) in [6, 6.07) is 23.4. The number of hydrogen-bond acceptors (Lipinski definition) is 3. The van der Waals surface area contributed by atoms with E-state index in [0.29, 0.717) is 11.5 Å². The molecule has 0 aliphatic rings. The predicted octanol–water partition coefficient (Wildman–Crippen LogP) is 4.93. The minimum Gasteiger partial charge on any atom is -0.455 e. The molecular weight excluding hydrogens is 355 g/mol. The molecule has 0 unspecified atom stereocenters. The topological polar surface area (TPSA) is 54.6 Å². The van der Waals surface area contributed by atoms with E-state index >= 15 is 0 Å². The number of fused-ring (bicyclic) bond motifs is 1. The Morgan fingerprint density at radius 3 is 2.61 bits per heavy atom. The van der Waals surface area contributed by atoms with Crippen molar-refractivity contribution in [2.75, 3.05) is 0 Å². The van der Waals surface area contributed by atoms with Crippen LogP contribution >= 0.6 is 0 Å². The molecule has 28 heavy (non-hydrogen) atoms. The highest BCUT2D eigenvalue weighted by molar-refractivity contribution is 5.90. The molecule has 138 valence electrons. The van der Waals surface area contributed by atoms with Crippen LogP contribution in [0.4, 0.5) is 4.39 Å². The normalized spacial score (nSPS) is 11.2. The van der Waals surface area contributed by atoms with Gasteiger partial charge in [0, 0.05) is 5.56 Å². The predicted molar refractivity (Wildman–Crippen MR) is 107 cm³/mol. The molecule has 1 aromatic heterocycles. The van der Waals surface area contributed by atoms with Crippen LogP contribution in [0.25, 0.3) is 22.1 Å². The van der Waals surface area contributed by atoms with E-state index < -0.39 is 0 Å². The van der Waals surface area contributed by atoms with Gasteiger partial charge in [0.25, 0.3) is 0 Å². The summed E-state index contributed by atoms with van der Waals surface area (Å²) in [4.78, 5) is 12.2. The van der Waals surface area contributed by atoms with Crippen LogP contribution in [0.15, 0.2) is 88.4 Å². The molecule has 3 aromatic carbocycles.